The molecule has 0 saturated heterocycles. The number of hydrogen-bond donors (Lipinski definition) is 1. The summed E-state index contributed by atoms with van der Waals surface area (Å²) in [7, 11) is 1.29. The summed E-state index contributed by atoms with van der Waals surface area (Å²) in [6.07, 6.45) is 0. The Hall–Kier alpha value is -2.34. The van der Waals surface area contributed by atoms with Crippen molar-refractivity contribution in [3.63, 3.8) is 0 Å². The molecule has 0 radical (unpaired) electrons. The van der Waals surface area contributed by atoms with E-state index in [1.165, 1.54) is 13.2 Å². The minimum Gasteiger partial charge on any atom is -0.496 e. The van der Waals surface area contributed by atoms with Crippen LogP contribution < -0.4 is 9.64 Å². The van der Waals surface area contributed by atoms with E-state index in [1.807, 2.05) is 0 Å². The number of anilines is 1. The van der Waals surface area contributed by atoms with E-state index in [9.17, 15) is 14.4 Å². The second-order valence-electron chi connectivity index (χ2n) is 4.50. The van der Waals surface area contributed by atoms with Gasteiger partial charge in [-0.3, -0.25) is 9.59 Å². The molecule has 0 atom stereocenters. The summed E-state index contributed by atoms with van der Waals surface area (Å²) in [4.78, 5) is 36.3. The van der Waals surface area contributed by atoms with Gasteiger partial charge in [0.15, 0.2) is 0 Å². The molecule has 2 rings (SSSR count). The predicted octanol–water partition coefficient (Wildman–Crippen LogP) is 2.26. The van der Waals surface area contributed by atoms with Gasteiger partial charge in [-0.25, -0.2) is 9.69 Å². The van der Waals surface area contributed by atoms with Gasteiger partial charge in [0, 0.05) is 17.2 Å². The second-order valence-corrected chi connectivity index (χ2v) is 4.91. The first-order valence-electron chi connectivity index (χ1n) is 5.96. The molecule has 110 valence electrons. The van der Waals surface area contributed by atoms with E-state index in [-0.39, 0.29) is 22.0 Å². The number of nitrogens with zero attached hydrogens (tertiary/aromatic N) is 1. The van der Waals surface area contributed by atoms with Crippen LogP contribution in [0.4, 0.5) is 5.69 Å². The molecule has 1 aromatic carbocycles. The Balaban J connectivity index is 2.59. The average molecular weight is 310 g/mol. The van der Waals surface area contributed by atoms with Crippen LogP contribution in [0.2, 0.25) is 5.02 Å². The van der Waals surface area contributed by atoms with Crippen LogP contribution in [-0.4, -0.2) is 30.0 Å². The topological polar surface area (TPSA) is 83.9 Å². The van der Waals surface area contributed by atoms with Crippen molar-refractivity contribution in [1.82, 2.24) is 0 Å². The van der Waals surface area contributed by atoms with Crippen LogP contribution in [0.25, 0.3) is 0 Å². The molecule has 1 heterocycles. The van der Waals surface area contributed by atoms with Crippen LogP contribution in [-0.2, 0) is 9.59 Å². The molecule has 0 spiro atoms. The first-order chi connectivity index (χ1) is 9.79. The average Bonchev–Trinajstić information content (AvgIpc) is 2.63. The highest BCUT2D eigenvalue weighted by molar-refractivity contribution is 6.39. The van der Waals surface area contributed by atoms with Gasteiger partial charge in [0.1, 0.15) is 11.3 Å². The van der Waals surface area contributed by atoms with Gasteiger partial charge in [-0.2, -0.15) is 0 Å². The normalized spacial score (nSPS) is 15.0. The molecule has 1 N–H and O–H groups in total. The molecule has 0 aromatic heterocycles. The van der Waals surface area contributed by atoms with Crippen molar-refractivity contribution in [3.8, 4) is 5.75 Å². The van der Waals surface area contributed by atoms with Gasteiger partial charge in [-0.05, 0) is 19.9 Å². The van der Waals surface area contributed by atoms with E-state index in [0.29, 0.717) is 11.1 Å². The van der Waals surface area contributed by atoms with Crippen molar-refractivity contribution in [2.75, 3.05) is 12.0 Å². The molecular weight excluding hydrogens is 298 g/mol. The molecule has 1 aromatic rings. The first-order valence-corrected chi connectivity index (χ1v) is 6.34. The molecule has 7 heteroatoms. The van der Waals surface area contributed by atoms with Crippen molar-refractivity contribution >= 4 is 35.1 Å². The molecular formula is C14H12ClNO5. The molecule has 6 nitrogen and oxygen atoms in total. The number of hydrogen-bond acceptors (Lipinski definition) is 4. The Kier molecular flexibility index (Phi) is 3.74. The summed E-state index contributed by atoms with van der Waals surface area (Å²) in [6.45, 7) is 3.10. The van der Waals surface area contributed by atoms with Gasteiger partial charge in [-0.1, -0.05) is 11.6 Å². The van der Waals surface area contributed by atoms with Crippen molar-refractivity contribution < 1.29 is 24.2 Å². The lowest BCUT2D eigenvalue weighted by Gasteiger charge is -2.18. The maximum Gasteiger partial charge on any atom is 0.339 e. The highest BCUT2D eigenvalue weighted by atomic mass is 35.5. The zero-order valence-electron chi connectivity index (χ0n) is 11.6. The van der Waals surface area contributed by atoms with Gasteiger partial charge in [-0.15, -0.1) is 0 Å². The zero-order chi connectivity index (χ0) is 15.9. The summed E-state index contributed by atoms with van der Waals surface area (Å²) in [5.41, 5.74) is 0.617. The number of carboxylic acid groups (broad SMARTS) is 1. The lowest BCUT2D eigenvalue weighted by Crippen LogP contribution is -2.31. The monoisotopic (exact) mass is 309 g/mol. The Bertz CT molecular complexity index is 684. The van der Waals surface area contributed by atoms with Crippen LogP contribution in [0, 0.1) is 0 Å². The van der Waals surface area contributed by atoms with E-state index in [0.717, 1.165) is 11.0 Å². The van der Waals surface area contributed by atoms with Crippen LogP contribution in [0.5, 0.6) is 5.75 Å². The standard InChI is InChI=1S/C14H12ClNO5/c1-6-7(2)13(18)16(12(6)17)10-5-11(21-3)8(14(19)20)4-9(10)15/h4-5H,1-3H3,(H,19,20). The van der Waals surface area contributed by atoms with E-state index in [2.05, 4.69) is 0 Å². The minimum atomic E-state index is -1.22. The van der Waals surface area contributed by atoms with E-state index in [4.69, 9.17) is 21.4 Å². The van der Waals surface area contributed by atoms with Crippen LogP contribution in [0.3, 0.4) is 0 Å². The fourth-order valence-corrected chi connectivity index (χ4v) is 2.27. The maximum atomic E-state index is 12.1. The maximum absolute atomic E-state index is 12.1. The number of methoxy groups -OCH3 is 1. The Morgan fingerprint density at radius 1 is 1.19 bits per heavy atom. The van der Waals surface area contributed by atoms with Crippen molar-refractivity contribution in [3.05, 3.63) is 33.9 Å². The number of imide groups is 1. The number of amides is 2. The third-order valence-corrected chi connectivity index (χ3v) is 3.65. The Morgan fingerprint density at radius 2 is 1.71 bits per heavy atom. The molecule has 0 bridgehead atoms. The molecule has 0 fully saturated rings. The Morgan fingerprint density at radius 3 is 2.14 bits per heavy atom. The third-order valence-electron chi connectivity index (χ3n) is 3.35. The van der Waals surface area contributed by atoms with E-state index < -0.39 is 17.8 Å². The molecule has 1 aliphatic rings. The van der Waals surface area contributed by atoms with E-state index >= 15 is 0 Å². The first kappa shape index (κ1) is 15.1. The highest BCUT2D eigenvalue weighted by Gasteiger charge is 2.36. The quantitative estimate of drug-likeness (QED) is 0.866. The number of rotatable bonds is 3. The molecule has 0 aliphatic carbocycles. The summed E-state index contributed by atoms with van der Waals surface area (Å²) >= 11 is 6.02. The van der Waals surface area contributed by atoms with Gasteiger partial charge in [0.2, 0.25) is 0 Å². The number of halogens is 1. The summed E-state index contributed by atoms with van der Waals surface area (Å²) in [5, 5.41) is 9.05. The zero-order valence-corrected chi connectivity index (χ0v) is 12.3. The lowest BCUT2D eigenvalue weighted by molar-refractivity contribution is -0.120. The van der Waals surface area contributed by atoms with Gasteiger partial charge >= 0.3 is 5.97 Å². The van der Waals surface area contributed by atoms with Crippen molar-refractivity contribution in [1.29, 1.82) is 0 Å². The van der Waals surface area contributed by atoms with Gasteiger partial charge in [0.05, 0.1) is 17.8 Å². The van der Waals surface area contributed by atoms with Crippen molar-refractivity contribution in [2.45, 2.75) is 13.8 Å². The number of carbonyl (C=O) groups is 3. The number of carbonyl (C=O) groups excluding carboxylic acids is 2. The number of ether oxygens (including phenoxy) is 1. The Labute approximate surface area is 125 Å². The highest BCUT2D eigenvalue weighted by Crippen LogP contribution is 2.37. The van der Waals surface area contributed by atoms with Crippen LogP contribution in [0.15, 0.2) is 23.3 Å². The van der Waals surface area contributed by atoms with Gasteiger partial charge < -0.3 is 9.84 Å². The number of carboxylic acids is 1. The fraction of sp³-hybridized carbons (Fsp3) is 0.214. The molecule has 2 amide bonds. The molecule has 1 aliphatic heterocycles. The largest absolute Gasteiger partial charge is 0.496 e. The summed E-state index contributed by atoms with van der Waals surface area (Å²) in [6, 6.07) is 2.43. The predicted molar refractivity (Wildman–Crippen MR) is 75.8 cm³/mol. The summed E-state index contributed by atoms with van der Waals surface area (Å²) in [5.74, 6) is -2.16. The molecule has 0 saturated carbocycles. The van der Waals surface area contributed by atoms with Gasteiger partial charge in [0.25, 0.3) is 11.8 Å². The third kappa shape index (κ3) is 2.27. The number of aromatic carboxylic acids is 1. The summed E-state index contributed by atoms with van der Waals surface area (Å²) < 4.78 is 4.98. The van der Waals surface area contributed by atoms with Crippen molar-refractivity contribution in [2.24, 2.45) is 0 Å². The fourth-order valence-electron chi connectivity index (χ4n) is 2.02. The van der Waals surface area contributed by atoms with E-state index in [1.54, 1.807) is 13.8 Å². The minimum absolute atomic E-state index is 0.0163. The second kappa shape index (κ2) is 5.21. The van der Waals surface area contributed by atoms with Crippen LogP contribution >= 0.6 is 11.6 Å². The van der Waals surface area contributed by atoms with Crippen LogP contribution in [0.1, 0.15) is 24.2 Å². The smallest absolute Gasteiger partial charge is 0.339 e. The number of benzene rings is 1. The lowest BCUT2D eigenvalue weighted by atomic mass is 10.1. The SMILES string of the molecule is COc1cc(N2C(=O)C(C)=C(C)C2=O)c(Cl)cc1C(=O)O. The molecule has 0 unspecified atom stereocenters. The molecule has 21 heavy (non-hydrogen) atoms.